The number of carbonyl (C=O) groups excluding carboxylic acids is 2. The number of aliphatic imine (C=N–C) groups is 1. The Bertz CT molecular complexity index is 796. The number of rotatable bonds is 6. The van der Waals surface area contributed by atoms with Gasteiger partial charge in [-0.25, -0.2) is 0 Å². The van der Waals surface area contributed by atoms with Gasteiger partial charge in [0.1, 0.15) is 0 Å². The van der Waals surface area contributed by atoms with Gasteiger partial charge in [0.05, 0.1) is 11.1 Å². The lowest BCUT2D eigenvalue weighted by atomic mass is 9.78. The quantitative estimate of drug-likeness (QED) is 0.544. The summed E-state index contributed by atoms with van der Waals surface area (Å²) < 4.78 is 0. The van der Waals surface area contributed by atoms with Gasteiger partial charge >= 0.3 is 0 Å². The molecule has 0 aliphatic carbocycles. The van der Waals surface area contributed by atoms with E-state index in [2.05, 4.69) is 22.3 Å². The predicted molar refractivity (Wildman–Crippen MR) is 107 cm³/mol. The zero-order chi connectivity index (χ0) is 19.3. The van der Waals surface area contributed by atoms with Crippen LogP contribution in [0.2, 0.25) is 0 Å². The fourth-order valence-corrected chi connectivity index (χ4v) is 2.28. The molecule has 2 rings (SSSR count). The molecule has 2 amide bonds. The average Bonchev–Trinajstić information content (AvgIpc) is 2.63. The highest BCUT2D eigenvalue weighted by Gasteiger charge is 2.38. The monoisotopic (exact) mass is 352 g/mol. The summed E-state index contributed by atoms with van der Waals surface area (Å²) in [7, 11) is 0. The van der Waals surface area contributed by atoms with Crippen molar-refractivity contribution in [3.63, 3.8) is 0 Å². The van der Waals surface area contributed by atoms with Gasteiger partial charge < -0.3 is 16.4 Å². The zero-order valence-corrected chi connectivity index (χ0v) is 15.2. The maximum atomic E-state index is 12.7. The van der Waals surface area contributed by atoms with Crippen LogP contribution >= 0.6 is 0 Å². The van der Waals surface area contributed by atoms with Gasteiger partial charge in [-0.1, -0.05) is 20.8 Å². The Balaban J connectivity index is 2.05. The fourth-order valence-electron chi connectivity index (χ4n) is 2.28. The summed E-state index contributed by atoms with van der Waals surface area (Å²) in [6, 6.07) is 13.9. The van der Waals surface area contributed by atoms with E-state index in [-0.39, 0.29) is 11.8 Å². The third kappa shape index (κ3) is 4.47. The normalized spacial score (nSPS) is 12.1. The van der Waals surface area contributed by atoms with E-state index >= 15 is 0 Å². The molecule has 0 saturated heterocycles. The van der Waals surface area contributed by atoms with Crippen molar-refractivity contribution in [2.75, 3.05) is 16.4 Å². The fraction of sp³-hybridized carbons (Fsp3) is 0.250. The largest absolute Gasteiger partial charge is 0.399 e. The molecule has 2 aromatic carbocycles. The molecule has 136 valence electrons. The summed E-state index contributed by atoms with van der Waals surface area (Å²) in [6.07, 6.45) is 0. The van der Waals surface area contributed by atoms with E-state index in [1.165, 1.54) is 0 Å². The zero-order valence-electron chi connectivity index (χ0n) is 15.2. The standard InChI is InChI=1S/C20H24N4O2/c1-13(18(25)23-16-11-9-15(22-4)10-12-16)20(2,3)19(26)24-17-7-5-14(21)6-8-17/h5-13H,4,21H2,1-3H3,(H,23,25)(H,24,26). The number of hydrogen-bond donors (Lipinski definition) is 3. The molecule has 0 aliphatic heterocycles. The maximum absolute atomic E-state index is 12.7. The SMILES string of the molecule is C=Nc1ccc(NC(=O)C(C)C(C)(C)C(=O)Nc2ccc(N)cc2)cc1. The van der Waals surface area contributed by atoms with Crippen LogP contribution in [0, 0.1) is 11.3 Å². The number of nitrogens with zero attached hydrogens (tertiary/aromatic N) is 1. The highest BCUT2D eigenvalue weighted by molar-refractivity contribution is 6.01. The first kappa shape index (κ1) is 19.2. The summed E-state index contributed by atoms with van der Waals surface area (Å²) in [5.74, 6) is -1.02. The number of nitrogens with one attached hydrogen (secondary N) is 2. The van der Waals surface area contributed by atoms with Gasteiger partial charge in [0.15, 0.2) is 0 Å². The summed E-state index contributed by atoms with van der Waals surface area (Å²) in [5.41, 5.74) is 7.36. The first-order chi connectivity index (χ1) is 12.2. The van der Waals surface area contributed by atoms with E-state index in [1.54, 1.807) is 69.3 Å². The number of carbonyl (C=O) groups is 2. The average molecular weight is 352 g/mol. The Labute approximate surface area is 153 Å². The Morgan fingerprint density at radius 1 is 1.00 bits per heavy atom. The molecule has 2 aromatic rings. The van der Waals surface area contributed by atoms with Crippen LogP contribution < -0.4 is 16.4 Å². The van der Waals surface area contributed by atoms with Crippen LogP contribution in [0.25, 0.3) is 0 Å². The van der Waals surface area contributed by atoms with E-state index in [4.69, 9.17) is 5.73 Å². The minimum Gasteiger partial charge on any atom is -0.399 e. The lowest BCUT2D eigenvalue weighted by Crippen LogP contribution is -2.41. The molecule has 0 bridgehead atoms. The van der Waals surface area contributed by atoms with E-state index in [9.17, 15) is 9.59 Å². The molecular formula is C20H24N4O2. The second-order valence-corrected chi connectivity index (χ2v) is 6.71. The molecule has 0 aliphatic rings. The lowest BCUT2D eigenvalue weighted by Gasteiger charge is -2.29. The first-order valence-corrected chi connectivity index (χ1v) is 8.28. The molecular weight excluding hydrogens is 328 g/mol. The van der Waals surface area contributed by atoms with Crippen molar-refractivity contribution in [1.29, 1.82) is 0 Å². The molecule has 0 radical (unpaired) electrons. The first-order valence-electron chi connectivity index (χ1n) is 8.28. The van der Waals surface area contributed by atoms with Crippen molar-refractivity contribution in [2.24, 2.45) is 16.3 Å². The van der Waals surface area contributed by atoms with Crippen LogP contribution in [0.15, 0.2) is 53.5 Å². The lowest BCUT2D eigenvalue weighted by molar-refractivity contribution is -0.133. The van der Waals surface area contributed by atoms with Gasteiger partial charge in [0.25, 0.3) is 0 Å². The second-order valence-electron chi connectivity index (χ2n) is 6.71. The van der Waals surface area contributed by atoms with Gasteiger partial charge in [-0.05, 0) is 55.2 Å². The van der Waals surface area contributed by atoms with Crippen molar-refractivity contribution in [2.45, 2.75) is 20.8 Å². The van der Waals surface area contributed by atoms with Crippen LogP contribution in [-0.2, 0) is 9.59 Å². The second kappa shape index (κ2) is 7.82. The molecule has 0 fully saturated rings. The minimum absolute atomic E-state index is 0.234. The van der Waals surface area contributed by atoms with Crippen LogP contribution in [0.5, 0.6) is 0 Å². The van der Waals surface area contributed by atoms with Crippen LogP contribution in [0.4, 0.5) is 22.7 Å². The number of nitrogen functional groups attached to an aromatic ring is 1. The van der Waals surface area contributed by atoms with Crippen molar-refractivity contribution in [3.8, 4) is 0 Å². The number of nitrogens with two attached hydrogens (primary N) is 1. The molecule has 6 heteroatoms. The van der Waals surface area contributed by atoms with E-state index < -0.39 is 11.3 Å². The van der Waals surface area contributed by atoms with Gasteiger partial charge in [-0.15, -0.1) is 0 Å². The highest BCUT2D eigenvalue weighted by atomic mass is 16.2. The summed E-state index contributed by atoms with van der Waals surface area (Å²) >= 11 is 0. The van der Waals surface area contributed by atoms with Gasteiger partial charge in [-0.2, -0.15) is 0 Å². The molecule has 26 heavy (non-hydrogen) atoms. The minimum atomic E-state index is -0.909. The predicted octanol–water partition coefficient (Wildman–Crippen LogP) is 3.84. The van der Waals surface area contributed by atoms with Crippen LogP contribution in [0.3, 0.4) is 0 Å². The summed E-state index contributed by atoms with van der Waals surface area (Å²) in [5, 5.41) is 5.66. The van der Waals surface area contributed by atoms with E-state index in [1.807, 2.05) is 0 Å². The Morgan fingerprint density at radius 2 is 1.50 bits per heavy atom. The topological polar surface area (TPSA) is 96.6 Å². The molecule has 0 saturated carbocycles. The Morgan fingerprint density at radius 3 is 2.04 bits per heavy atom. The molecule has 6 nitrogen and oxygen atoms in total. The van der Waals surface area contributed by atoms with Crippen molar-refractivity contribution >= 4 is 41.3 Å². The molecule has 0 heterocycles. The third-order valence-electron chi connectivity index (χ3n) is 4.55. The van der Waals surface area contributed by atoms with Gasteiger partial charge in [0.2, 0.25) is 11.8 Å². The molecule has 4 N–H and O–H groups in total. The number of amides is 2. The van der Waals surface area contributed by atoms with Crippen molar-refractivity contribution < 1.29 is 9.59 Å². The Kier molecular flexibility index (Phi) is 5.77. The number of benzene rings is 2. The van der Waals surface area contributed by atoms with Crippen LogP contribution in [-0.4, -0.2) is 18.5 Å². The highest BCUT2D eigenvalue weighted by Crippen LogP contribution is 2.30. The maximum Gasteiger partial charge on any atom is 0.230 e. The number of hydrogen-bond acceptors (Lipinski definition) is 4. The molecule has 1 unspecified atom stereocenters. The molecule has 0 aromatic heterocycles. The van der Waals surface area contributed by atoms with Crippen molar-refractivity contribution in [1.82, 2.24) is 0 Å². The Hall–Kier alpha value is -3.15. The molecule has 0 spiro atoms. The van der Waals surface area contributed by atoms with E-state index in [0.717, 1.165) is 5.69 Å². The van der Waals surface area contributed by atoms with Crippen molar-refractivity contribution in [3.05, 3.63) is 48.5 Å². The summed E-state index contributed by atoms with van der Waals surface area (Å²) in [4.78, 5) is 29.0. The number of anilines is 3. The summed E-state index contributed by atoms with van der Waals surface area (Å²) in [6.45, 7) is 8.67. The van der Waals surface area contributed by atoms with Crippen LogP contribution in [0.1, 0.15) is 20.8 Å². The van der Waals surface area contributed by atoms with E-state index in [0.29, 0.717) is 17.1 Å². The third-order valence-corrected chi connectivity index (χ3v) is 4.55. The molecule has 1 atom stereocenters. The smallest absolute Gasteiger partial charge is 0.230 e. The van der Waals surface area contributed by atoms with Gasteiger partial charge in [-0.3, -0.25) is 14.6 Å². The van der Waals surface area contributed by atoms with Gasteiger partial charge in [0, 0.05) is 23.0 Å².